The molecule has 0 N–H and O–H groups in total. The first-order chi connectivity index (χ1) is 9.85. The van der Waals surface area contributed by atoms with Gasteiger partial charge in [-0.3, -0.25) is 0 Å². The van der Waals surface area contributed by atoms with Crippen LogP contribution in [0.3, 0.4) is 0 Å². The molecule has 1 aliphatic rings. The van der Waals surface area contributed by atoms with Crippen LogP contribution in [0.4, 0.5) is 0 Å². The Morgan fingerprint density at radius 2 is 1.75 bits per heavy atom. The maximum atomic E-state index is 6.24. The van der Waals surface area contributed by atoms with Crippen LogP contribution in [0.15, 0.2) is 30.3 Å². The fourth-order valence-electron chi connectivity index (χ4n) is 3.25. The second-order valence-corrected chi connectivity index (χ2v) is 5.74. The summed E-state index contributed by atoms with van der Waals surface area (Å²) in [5.41, 5.74) is 1.46. The van der Waals surface area contributed by atoms with Crippen LogP contribution in [0, 0.1) is 0 Å². The summed E-state index contributed by atoms with van der Waals surface area (Å²) >= 11 is 0. The van der Waals surface area contributed by atoms with E-state index >= 15 is 0 Å². The molecule has 0 spiro atoms. The average molecular weight is 275 g/mol. The smallest absolute Gasteiger partial charge is 0.0644 e. The lowest BCUT2D eigenvalue weighted by molar-refractivity contribution is 0.00350. The number of benzene rings is 1. The molecule has 0 radical (unpaired) electrons. The fourth-order valence-corrected chi connectivity index (χ4v) is 3.25. The van der Waals surface area contributed by atoms with Gasteiger partial charge >= 0.3 is 0 Å². The summed E-state index contributed by atoms with van der Waals surface area (Å²) in [6.45, 7) is 8.60. The second-order valence-electron chi connectivity index (χ2n) is 5.74. The van der Waals surface area contributed by atoms with Gasteiger partial charge in [-0.1, -0.05) is 57.0 Å². The van der Waals surface area contributed by atoms with E-state index in [1.54, 1.807) is 0 Å². The van der Waals surface area contributed by atoms with E-state index in [0.717, 1.165) is 26.2 Å². The summed E-state index contributed by atoms with van der Waals surface area (Å²) in [5, 5.41) is 0. The van der Waals surface area contributed by atoms with Gasteiger partial charge in [-0.25, -0.2) is 0 Å². The lowest BCUT2D eigenvalue weighted by Crippen LogP contribution is -2.32. The van der Waals surface area contributed by atoms with Crippen LogP contribution < -0.4 is 0 Å². The monoisotopic (exact) mass is 275 g/mol. The van der Waals surface area contributed by atoms with E-state index in [2.05, 4.69) is 49.1 Å². The van der Waals surface area contributed by atoms with Gasteiger partial charge in [0.05, 0.1) is 12.7 Å². The molecule has 1 fully saturated rings. The van der Waals surface area contributed by atoms with Crippen molar-refractivity contribution in [3.05, 3.63) is 35.9 Å². The van der Waals surface area contributed by atoms with Crippen molar-refractivity contribution in [2.24, 2.45) is 0 Å². The number of hydrogen-bond donors (Lipinski definition) is 0. The fraction of sp³-hybridized carbons (Fsp3) is 0.667. The van der Waals surface area contributed by atoms with Crippen molar-refractivity contribution in [3.63, 3.8) is 0 Å². The van der Waals surface area contributed by atoms with Crippen molar-refractivity contribution in [2.75, 3.05) is 26.2 Å². The van der Waals surface area contributed by atoms with E-state index in [4.69, 9.17) is 4.74 Å². The molecular weight excluding hydrogens is 246 g/mol. The Hall–Kier alpha value is -0.860. The van der Waals surface area contributed by atoms with Crippen molar-refractivity contribution >= 4 is 0 Å². The molecule has 1 aliphatic carbocycles. The second kappa shape index (κ2) is 8.43. The van der Waals surface area contributed by atoms with Crippen molar-refractivity contribution in [2.45, 2.75) is 51.6 Å². The molecule has 2 heteroatoms. The molecule has 0 aliphatic heterocycles. The summed E-state index contributed by atoms with van der Waals surface area (Å²) in [7, 11) is 0. The highest BCUT2D eigenvalue weighted by molar-refractivity contribution is 5.21. The molecule has 0 unspecified atom stereocenters. The van der Waals surface area contributed by atoms with Gasteiger partial charge in [0.2, 0.25) is 0 Å². The molecule has 0 amide bonds. The summed E-state index contributed by atoms with van der Waals surface area (Å²) in [4.78, 5) is 2.43. The third-order valence-corrected chi connectivity index (χ3v) is 4.56. The molecule has 0 aromatic heterocycles. The van der Waals surface area contributed by atoms with Gasteiger partial charge in [0, 0.05) is 12.5 Å². The summed E-state index contributed by atoms with van der Waals surface area (Å²) in [5.74, 6) is 0.599. The van der Waals surface area contributed by atoms with Crippen molar-refractivity contribution in [3.8, 4) is 0 Å². The van der Waals surface area contributed by atoms with Crippen LogP contribution in [-0.2, 0) is 4.74 Å². The average Bonchev–Trinajstić information content (AvgIpc) is 2.53. The normalized spacial score (nSPS) is 23.1. The molecule has 1 saturated carbocycles. The number of ether oxygens (including phenoxy) is 1. The minimum Gasteiger partial charge on any atom is -0.376 e. The molecule has 0 bridgehead atoms. The standard InChI is InChI=1S/C18H29NO/c1-3-19(4-2)14-15-20-18-13-9-8-12-17(18)16-10-6-5-7-11-16/h5-7,10-11,17-18H,3-4,8-9,12-15H2,1-2H3/t17-,18-/m0/s1. The van der Waals surface area contributed by atoms with Crippen molar-refractivity contribution in [1.29, 1.82) is 0 Å². The minimum atomic E-state index is 0.418. The van der Waals surface area contributed by atoms with Gasteiger partial charge in [0.25, 0.3) is 0 Å². The van der Waals surface area contributed by atoms with Gasteiger partial charge in [-0.2, -0.15) is 0 Å². The molecular formula is C18H29NO. The Bertz CT molecular complexity index is 361. The summed E-state index contributed by atoms with van der Waals surface area (Å²) in [6, 6.07) is 10.9. The predicted molar refractivity (Wildman–Crippen MR) is 85.2 cm³/mol. The zero-order valence-electron chi connectivity index (χ0n) is 13.1. The van der Waals surface area contributed by atoms with Gasteiger partial charge < -0.3 is 9.64 Å². The number of nitrogens with zero attached hydrogens (tertiary/aromatic N) is 1. The zero-order chi connectivity index (χ0) is 14.2. The van der Waals surface area contributed by atoms with Crippen LogP contribution in [0.2, 0.25) is 0 Å². The lowest BCUT2D eigenvalue weighted by atomic mass is 9.81. The molecule has 1 aromatic rings. The molecule has 2 nitrogen and oxygen atoms in total. The van der Waals surface area contributed by atoms with Gasteiger partial charge in [0.1, 0.15) is 0 Å². The topological polar surface area (TPSA) is 12.5 Å². The molecule has 0 saturated heterocycles. The summed E-state index contributed by atoms with van der Waals surface area (Å²) in [6.07, 6.45) is 5.58. The minimum absolute atomic E-state index is 0.418. The van der Waals surface area contributed by atoms with E-state index in [1.165, 1.54) is 31.2 Å². The van der Waals surface area contributed by atoms with Gasteiger partial charge in [-0.15, -0.1) is 0 Å². The highest BCUT2D eigenvalue weighted by atomic mass is 16.5. The maximum Gasteiger partial charge on any atom is 0.0644 e. The maximum absolute atomic E-state index is 6.24. The Kier molecular flexibility index (Phi) is 6.55. The largest absolute Gasteiger partial charge is 0.376 e. The van der Waals surface area contributed by atoms with Crippen LogP contribution in [0.5, 0.6) is 0 Å². The van der Waals surface area contributed by atoms with Crippen molar-refractivity contribution in [1.82, 2.24) is 4.90 Å². The Labute approximate surface area is 124 Å². The highest BCUT2D eigenvalue weighted by Gasteiger charge is 2.26. The molecule has 20 heavy (non-hydrogen) atoms. The van der Waals surface area contributed by atoms with E-state index < -0.39 is 0 Å². The zero-order valence-corrected chi connectivity index (χ0v) is 13.1. The van der Waals surface area contributed by atoms with Gasteiger partial charge in [-0.05, 0) is 31.5 Å². The van der Waals surface area contributed by atoms with E-state index in [1.807, 2.05) is 0 Å². The SMILES string of the molecule is CCN(CC)CCO[C@H]1CCCC[C@H]1c1ccccc1. The lowest BCUT2D eigenvalue weighted by Gasteiger charge is -2.32. The van der Waals surface area contributed by atoms with E-state index in [0.29, 0.717) is 12.0 Å². The first kappa shape index (κ1) is 15.5. The van der Waals surface area contributed by atoms with Crippen LogP contribution >= 0.6 is 0 Å². The van der Waals surface area contributed by atoms with Crippen LogP contribution in [-0.4, -0.2) is 37.2 Å². The third-order valence-electron chi connectivity index (χ3n) is 4.56. The first-order valence-corrected chi connectivity index (χ1v) is 8.24. The quantitative estimate of drug-likeness (QED) is 0.743. The summed E-state index contributed by atoms with van der Waals surface area (Å²) < 4.78 is 6.24. The Morgan fingerprint density at radius 1 is 1.05 bits per heavy atom. The van der Waals surface area contributed by atoms with Crippen LogP contribution in [0.25, 0.3) is 0 Å². The number of rotatable bonds is 7. The highest BCUT2D eigenvalue weighted by Crippen LogP contribution is 2.34. The number of hydrogen-bond acceptors (Lipinski definition) is 2. The Balaban J connectivity index is 1.87. The van der Waals surface area contributed by atoms with Crippen LogP contribution in [0.1, 0.15) is 51.0 Å². The number of likely N-dealkylation sites (N-methyl/N-ethyl adjacent to an activating group) is 1. The Morgan fingerprint density at radius 3 is 2.45 bits per heavy atom. The van der Waals surface area contributed by atoms with E-state index in [-0.39, 0.29) is 0 Å². The predicted octanol–water partition coefficient (Wildman–Crippen LogP) is 4.07. The molecule has 0 heterocycles. The molecule has 2 atom stereocenters. The molecule has 112 valence electrons. The van der Waals surface area contributed by atoms with Gasteiger partial charge in [0.15, 0.2) is 0 Å². The van der Waals surface area contributed by atoms with Crippen molar-refractivity contribution < 1.29 is 4.74 Å². The van der Waals surface area contributed by atoms with E-state index in [9.17, 15) is 0 Å². The molecule has 2 rings (SSSR count). The molecule has 1 aromatic carbocycles. The third kappa shape index (κ3) is 4.32. The first-order valence-electron chi connectivity index (χ1n) is 8.24.